The van der Waals surface area contributed by atoms with Crippen LogP contribution in [0.5, 0.6) is 0 Å². The molecule has 0 saturated heterocycles. The highest BCUT2D eigenvalue weighted by molar-refractivity contribution is 7.98. The van der Waals surface area contributed by atoms with Crippen LogP contribution in [0, 0.1) is 6.92 Å². The van der Waals surface area contributed by atoms with Gasteiger partial charge >= 0.3 is 0 Å². The molecular formula is C19H20ClN3O4S2. The third-order valence-corrected chi connectivity index (χ3v) is 6.49. The average molecular weight is 454 g/mol. The van der Waals surface area contributed by atoms with Gasteiger partial charge in [-0.3, -0.25) is 4.79 Å². The summed E-state index contributed by atoms with van der Waals surface area (Å²) >= 11 is 7.35. The first kappa shape index (κ1) is 21.6. The van der Waals surface area contributed by atoms with Crippen molar-refractivity contribution in [2.24, 2.45) is 0 Å². The summed E-state index contributed by atoms with van der Waals surface area (Å²) in [7, 11) is -3.88. The number of aromatic nitrogens is 1. The van der Waals surface area contributed by atoms with Crippen LogP contribution in [0.25, 0.3) is 11.1 Å². The maximum absolute atomic E-state index is 12.8. The predicted molar refractivity (Wildman–Crippen MR) is 116 cm³/mol. The summed E-state index contributed by atoms with van der Waals surface area (Å²) in [5, 5.41) is 3.19. The zero-order chi connectivity index (χ0) is 21.0. The van der Waals surface area contributed by atoms with E-state index in [-0.39, 0.29) is 4.90 Å². The molecule has 0 aliphatic carbocycles. The second-order valence-electron chi connectivity index (χ2n) is 6.31. The SMILES string of the molecule is CSCCC(NS(=O)(=O)c1ccc(Cl)cc1)C(=O)Nc1ccc2oc(C)nc2c1. The van der Waals surface area contributed by atoms with E-state index >= 15 is 0 Å². The second kappa shape index (κ2) is 9.17. The lowest BCUT2D eigenvalue weighted by Crippen LogP contribution is -2.44. The molecule has 3 rings (SSSR count). The van der Waals surface area contributed by atoms with Gasteiger partial charge in [-0.1, -0.05) is 11.6 Å². The van der Waals surface area contributed by atoms with Gasteiger partial charge in [0.2, 0.25) is 15.9 Å². The Morgan fingerprint density at radius 1 is 1.24 bits per heavy atom. The summed E-state index contributed by atoms with van der Waals surface area (Å²) in [5.74, 6) is 0.691. The van der Waals surface area contributed by atoms with Crippen LogP contribution in [0.1, 0.15) is 12.3 Å². The summed E-state index contributed by atoms with van der Waals surface area (Å²) < 4.78 is 33.3. The summed E-state index contributed by atoms with van der Waals surface area (Å²) in [6.07, 6.45) is 2.23. The number of benzene rings is 2. The molecule has 29 heavy (non-hydrogen) atoms. The van der Waals surface area contributed by atoms with E-state index < -0.39 is 22.0 Å². The minimum absolute atomic E-state index is 0.0448. The molecule has 0 radical (unpaired) electrons. The van der Waals surface area contributed by atoms with E-state index in [4.69, 9.17) is 16.0 Å². The topological polar surface area (TPSA) is 101 Å². The van der Waals surface area contributed by atoms with Gasteiger partial charge < -0.3 is 9.73 Å². The Kier molecular flexibility index (Phi) is 6.84. The largest absolute Gasteiger partial charge is 0.441 e. The number of nitrogens with one attached hydrogen (secondary N) is 2. The third-order valence-electron chi connectivity index (χ3n) is 4.11. The van der Waals surface area contributed by atoms with Crippen molar-refractivity contribution in [1.82, 2.24) is 9.71 Å². The van der Waals surface area contributed by atoms with Crippen LogP contribution in [-0.4, -0.2) is 37.4 Å². The highest BCUT2D eigenvalue weighted by atomic mass is 35.5. The van der Waals surface area contributed by atoms with Crippen LogP contribution < -0.4 is 10.0 Å². The third kappa shape index (κ3) is 5.51. The summed E-state index contributed by atoms with van der Waals surface area (Å²) in [6.45, 7) is 1.74. The number of oxazole rings is 1. The quantitative estimate of drug-likeness (QED) is 0.537. The fourth-order valence-electron chi connectivity index (χ4n) is 2.70. The van der Waals surface area contributed by atoms with Gasteiger partial charge in [-0.25, -0.2) is 13.4 Å². The maximum Gasteiger partial charge on any atom is 0.242 e. The molecule has 7 nitrogen and oxygen atoms in total. The zero-order valence-corrected chi connectivity index (χ0v) is 18.2. The molecular weight excluding hydrogens is 434 g/mol. The molecule has 0 fully saturated rings. The highest BCUT2D eigenvalue weighted by Gasteiger charge is 2.25. The molecule has 0 bridgehead atoms. The number of carbonyl (C=O) groups excluding carboxylic acids is 1. The van der Waals surface area contributed by atoms with Gasteiger partial charge in [0.25, 0.3) is 0 Å². The van der Waals surface area contributed by atoms with E-state index in [1.807, 2.05) is 6.26 Å². The Balaban J connectivity index is 1.78. The average Bonchev–Trinajstić information content (AvgIpc) is 3.04. The smallest absolute Gasteiger partial charge is 0.242 e. The van der Waals surface area contributed by atoms with Crippen molar-refractivity contribution >= 4 is 56.1 Å². The van der Waals surface area contributed by atoms with Gasteiger partial charge in [-0.05, 0) is 60.9 Å². The number of halogens is 1. The monoisotopic (exact) mass is 453 g/mol. The van der Waals surface area contributed by atoms with Crippen LogP contribution in [0.4, 0.5) is 5.69 Å². The van der Waals surface area contributed by atoms with E-state index in [2.05, 4.69) is 15.0 Å². The number of sulfonamides is 1. The van der Waals surface area contributed by atoms with Crippen molar-refractivity contribution in [3.05, 3.63) is 53.4 Å². The van der Waals surface area contributed by atoms with E-state index in [1.165, 1.54) is 36.0 Å². The van der Waals surface area contributed by atoms with Crippen LogP contribution in [-0.2, 0) is 14.8 Å². The first-order valence-corrected chi connectivity index (χ1v) is 12.0. The first-order chi connectivity index (χ1) is 13.8. The lowest BCUT2D eigenvalue weighted by Gasteiger charge is -2.18. The highest BCUT2D eigenvalue weighted by Crippen LogP contribution is 2.20. The Morgan fingerprint density at radius 2 is 1.97 bits per heavy atom. The van der Waals surface area contributed by atoms with Crippen LogP contribution in [0.3, 0.4) is 0 Å². The van der Waals surface area contributed by atoms with Gasteiger partial charge in [0.1, 0.15) is 11.6 Å². The number of thioether (sulfide) groups is 1. The number of anilines is 1. The molecule has 1 aromatic heterocycles. The van der Waals surface area contributed by atoms with E-state index in [0.29, 0.717) is 39.9 Å². The fourth-order valence-corrected chi connectivity index (χ4v) is 4.53. The van der Waals surface area contributed by atoms with Crippen LogP contribution in [0.15, 0.2) is 51.8 Å². The Labute approximate surface area is 178 Å². The molecule has 2 aromatic carbocycles. The summed E-state index contributed by atoms with van der Waals surface area (Å²) in [4.78, 5) is 17.1. The Hall–Kier alpha value is -2.07. The molecule has 0 saturated carbocycles. The van der Waals surface area contributed by atoms with Crippen molar-refractivity contribution in [3.63, 3.8) is 0 Å². The molecule has 10 heteroatoms. The molecule has 2 N–H and O–H groups in total. The molecule has 154 valence electrons. The van der Waals surface area contributed by atoms with Gasteiger partial charge in [-0.15, -0.1) is 0 Å². The lowest BCUT2D eigenvalue weighted by molar-refractivity contribution is -0.117. The van der Waals surface area contributed by atoms with Crippen LogP contribution in [0.2, 0.25) is 5.02 Å². The molecule has 0 aliphatic rings. The Bertz CT molecular complexity index is 1110. The number of carbonyl (C=O) groups is 1. The minimum Gasteiger partial charge on any atom is -0.441 e. The number of hydrogen-bond donors (Lipinski definition) is 2. The number of amides is 1. The van der Waals surface area contributed by atoms with Crippen molar-refractivity contribution in [2.45, 2.75) is 24.3 Å². The molecule has 1 heterocycles. The van der Waals surface area contributed by atoms with Gasteiger partial charge in [0.05, 0.1) is 4.90 Å². The predicted octanol–water partition coefficient (Wildman–Crippen LogP) is 3.83. The number of rotatable bonds is 8. The van der Waals surface area contributed by atoms with E-state index in [1.54, 1.807) is 25.1 Å². The lowest BCUT2D eigenvalue weighted by atomic mass is 10.2. The normalized spacial score (nSPS) is 12.8. The van der Waals surface area contributed by atoms with E-state index in [9.17, 15) is 13.2 Å². The summed E-state index contributed by atoms with van der Waals surface area (Å²) in [5.41, 5.74) is 1.74. The van der Waals surface area contributed by atoms with Crippen LogP contribution >= 0.6 is 23.4 Å². The number of fused-ring (bicyclic) bond motifs is 1. The van der Waals surface area contributed by atoms with Gasteiger partial charge in [0, 0.05) is 17.6 Å². The molecule has 0 spiro atoms. The fraction of sp³-hybridized carbons (Fsp3) is 0.263. The first-order valence-electron chi connectivity index (χ1n) is 8.73. The second-order valence-corrected chi connectivity index (χ2v) is 9.45. The molecule has 1 unspecified atom stereocenters. The van der Waals surface area contributed by atoms with Crippen molar-refractivity contribution < 1.29 is 17.6 Å². The standard InChI is InChI=1S/C19H20ClN3O4S2/c1-12-21-17-11-14(5-8-18(17)27-12)22-19(24)16(9-10-28-2)23-29(25,26)15-6-3-13(20)4-7-15/h3-8,11,16,23H,9-10H2,1-2H3,(H,22,24). The molecule has 1 atom stereocenters. The molecule has 0 aliphatic heterocycles. The number of aryl methyl sites for hydroxylation is 1. The van der Waals surface area contributed by atoms with Crippen molar-refractivity contribution in [2.75, 3.05) is 17.3 Å². The summed E-state index contributed by atoms with van der Waals surface area (Å²) in [6, 6.07) is 9.92. The zero-order valence-electron chi connectivity index (χ0n) is 15.8. The Morgan fingerprint density at radius 3 is 2.66 bits per heavy atom. The van der Waals surface area contributed by atoms with Gasteiger partial charge in [-0.2, -0.15) is 16.5 Å². The maximum atomic E-state index is 12.8. The number of hydrogen-bond acceptors (Lipinski definition) is 6. The molecule has 3 aromatic rings. The van der Waals surface area contributed by atoms with Crippen molar-refractivity contribution in [3.8, 4) is 0 Å². The van der Waals surface area contributed by atoms with E-state index in [0.717, 1.165) is 0 Å². The van der Waals surface area contributed by atoms with Gasteiger partial charge in [0.15, 0.2) is 11.5 Å². The molecule has 1 amide bonds. The minimum atomic E-state index is -3.88. The number of nitrogens with zero attached hydrogens (tertiary/aromatic N) is 1. The van der Waals surface area contributed by atoms with Crippen molar-refractivity contribution in [1.29, 1.82) is 0 Å².